The van der Waals surface area contributed by atoms with Crippen molar-refractivity contribution in [2.75, 3.05) is 13.1 Å². The van der Waals surface area contributed by atoms with Gasteiger partial charge in [-0.2, -0.15) is 20.5 Å². The predicted molar refractivity (Wildman–Crippen MR) is 190 cm³/mol. The third kappa shape index (κ3) is 15.6. The van der Waals surface area contributed by atoms with E-state index in [1.54, 1.807) is 27.7 Å². The van der Waals surface area contributed by atoms with Gasteiger partial charge in [-0.1, -0.05) is 53.4 Å². The van der Waals surface area contributed by atoms with E-state index in [0.29, 0.717) is 38.8 Å². The lowest BCUT2D eigenvalue weighted by atomic mass is 9.87. The molecule has 288 valence electrons. The van der Waals surface area contributed by atoms with Crippen LogP contribution in [-0.4, -0.2) is 80.8 Å². The quantitative estimate of drug-likeness (QED) is 0.0479. The first-order valence-corrected chi connectivity index (χ1v) is 17.4. The van der Waals surface area contributed by atoms with Gasteiger partial charge in [0.2, 0.25) is 35.0 Å². The van der Waals surface area contributed by atoms with Crippen LogP contribution in [0.4, 0.5) is 0 Å². The molecule has 4 amide bonds. The lowest BCUT2D eigenvalue weighted by molar-refractivity contribution is -0.533. The highest BCUT2D eigenvalue weighted by atomic mass is 16.6. The number of nitrogens with zero attached hydrogens (tertiary/aromatic N) is 6. The Morgan fingerprint density at radius 2 is 0.860 bits per heavy atom. The molecule has 6 N–H and O–H groups in total. The molecule has 18 heteroatoms. The lowest BCUT2D eigenvalue weighted by Crippen LogP contribution is -2.55. The smallest absolute Gasteiger partial charge is 0.254 e. The van der Waals surface area contributed by atoms with Gasteiger partial charge in [0.05, 0.1) is 0 Å². The fraction of sp³-hybridized carbons (Fsp3) is 0.875. The van der Waals surface area contributed by atoms with E-state index in [9.17, 15) is 39.4 Å². The van der Waals surface area contributed by atoms with Gasteiger partial charge in [0.15, 0.2) is 11.1 Å². The molecule has 0 aromatic rings. The Kier molecular flexibility index (Phi) is 21.7. The molecule has 0 bridgehead atoms. The monoisotopic (exact) mass is 714 g/mol. The zero-order chi connectivity index (χ0) is 39.3. The third-order valence-corrected chi connectivity index (χ3v) is 8.23. The van der Waals surface area contributed by atoms with Crippen molar-refractivity contribution in [1.29, 1.82) is 0 Å². The maximum atomic E-state index is 12.1. The van der Waals surface area contributed by atoms with Gasteiger partial charge in [0.25, 0.3) is 11.8 Å². The van der Waals surface area contributed by atoms with Crippen LogP contribution in [0.15, 0.2) is 20.5 Å². The molecule has 0 spiro atoms. The van der Waals surface area contributed by atoms with Crippen LogP contribution in [0.1, 0.15) is 133 Å². The first-order chi connectivity index (χ1) is 23.0. The van der Waals surface area contributed by atoms with Crippen LogP contribution in [0.2, 0.25) is 0 Å². The van der Waals surface area contributed by atoms with Crippen molar-refractivity contribution in [3.05, 3.63) is 20.2 Å². The van der Waals surface area contributed by atoms with Crippen LogP contribution in [-0.2, 0) is 19.2 Å². The molecule has 4 atom stereocenters. The molecule has 0 saturated heterocycles. The minimum absolute atomic E-state index is 0.00372. The molecule has 0 aliphatic heterocycles. The maximum absolute atomic E-state index is 12.1. The zero-order valence-electron chi connectivity index (χ0n) is 31.7. The Morgan fingerprint density at radius 3 is 1.08 bits per heavy atom. The number of unbranched alkanes of at least 4 members (excludes halogenated alkanes) is 4. The number of carbonyl (C=O) groups is 4. The first-order valence-electron chi connectivity index (χ1n) is 17.4. The lowest BCUT2D eigenvalue weighted by Gasteiger charge is -2.28. The van der Waals surface area contributed by atoms with Crippen LogP contribution in [0.5, 0.6) is 0 Å². The summed E-state index contributed by atoms with van der Waals surface area (Å²) in [5.74, 6) is -2.59. The molecule has 0 saturated carbocycles. The Hall–Kier alpha value is -4.12. The van der Waals surface area contributed by atoms with Crippen molar-refractivity contribution in [2.45, 2.75) is 168 Å². The second kappa shape index (κ2) is 22.6. The predicted octanol–water partition coefficient (Wildman–Crippen LogP) is 4.43. The summed E-state index contributed by atoms with van der Waals surface area (Å²) in [4.78, 5) is 69.8. The molecule has 0 heterocycles. The Labute approximate surface area is 296 Å². The number of nitrogens with one attached hydrogen (secondary N) is 2. The number of primary amides is 2. The van der Waals surface area contributed by atoms with Crippen molar-refractivity contribution in [3.8, 4) is 0 Å². The normalized spacial score (nSPS) is 15.6. The van der Waals surface area contributed by atoms with Crippen LogP contribution in [0.3, 0.4) is 0 Å². The molecule has 0 radical (unpaired) electrons. The minimum Gasteiger partial charge on any atom is -0.367 e. The molecule has 0 rings (SSSR count). The van der Waals surface area contributed by atoms with E-state index >= 15 is 0 Å². The van der Waals surface area contributed by atoms with Crippen molar-refractivity contribution in [1.82, 2.24) is 10.6 Å². The molecule has 0 aromatic carbocycles. The number of azo groups is 2. The van der Waals surface area contributed by atoms with Crippen LogP contribution in [0.25, 0.3) is 0 Å². The van der Waals surface area contributed by atoms with E-state index in [1.165, 1.54) is 0 Å². The van der Waals surface area contributed by atoms with Gasteiger partial charge >= 0.3 is 0 Å². The molecule has 18 nitrogen and oxygen atoms in total. The molecular weight excluding hydrogens is 652 g/mol. The van der Waals surface area contributed by atoms with Gasteiger partial charge in [0, 0.05) is 35.8 Å². The highest BCUT2D eigenvalue weighted by molar-refractivity contribution is 5.87. The van der Waals surface area contributed by atoms with E-state index in [-0.39, 0.29) is 24.7 Å². The zero-order valence-corrected chi connectivity index (χ0v) is 31.7. The van der Waals surface area contributed by atoms with Gasteiger partial charge in [-0.05, 0) is 67.2 Å². The average molecular weight is 715 g/mol. The van der Waals surface area contributed by atoms with E-state index in [0.717, 1.165) is 39.5 Å². The van der Waals surface area contributed by atoms with Crippen LogP contribution >= 0.6 is 0 Å². The Bertz CT molecular complexity index is 1110. The second-order valence-corrected chi connectivity index (χ2v) is 13.6. The highest BCUT2D eigenvalue weighted by Crippen LogP contribution is 2.29. The number of amides is 4. The van der Waals surface area contributed by atoms with Gasteiger partial charge in [-0.25, -0.2) is 0 Å². The molecule has 0 aromatic heterocycles. The maximum Gasteiger partial charge on any atom is 0.254 e. The van der Waals surface area contributed by atoms with Gasteiger partial charge < -0.3 is 22.1 Å². The second-order valence-electron chi connectivity index (χ2n) is 13.6. The highest BCUT2D eigenvalue weighted by Gasteiger charge is 2.52. The van der Waals surface area contributed by atoms with Crippen molar-refractivity contribution in [3.63, 3.8) is 0 Å². The molecule has 0 fully saturated rings. The summed E-state index contributed by atoms with van der Waals surface area (Å²) in [6, 6.07) is -2.98. The average Bonchev–Trinajstić information content (AvgIpc) is 3.03. The summed E-state index contributed by atoms with van der Waals surface area (Å²) in [5.41, 5.74) is 4.59. The number of rotatable bonds is 24. The van der Waals surface area contributed by atoms with E-state index in [1.807, 2.05) is 13.8 Å². The van der Waals surface area contributed by atoms with E-state index in [2.05, 4.69) is 44.9 Å². The van der Waals surface area contributed by atoms with E-state index in [4.69, 9.17) is 11.5 Å². The number of nitro groups is 2. The van der Waals surface area contributed by atoms with Gasteiger partial charge in [-0.3, -0.25) is 39.4 Å². The van der Waals surface area contributed by atoms with Crippen LogP contribution < -0.4 is 22.1 Å². The standard InChI is InChI=1S/C16H30N6O6.C16H32N4O2/c1-5-7-9-11(21(25)26)15(3,13(17)23)19-20-16(4,14(18)24)12(22(27)28)10-8-6-2;1-7-9-11-17-13(21)15(3,4)19-20-16(5,6)14(22)18-12-10-8-2/h11-12H,5-10H2,1-4H3,(H2,17,23)(H2,18,24);7-12H2,1-6H3,(H,17,21)(H,18,22). The molecule has 0 aliphatic carbocycles. The summed E-state index contributed by atoms with van der Waals surface area (Å²) in [6.07, 6.45) is 6.06. The Balaban J connectivity index is 0. The molecule has 0 aliphatic rings. The fourth-order valence-electron chi connectivity index (χ4n) is 4.28. The largest absolute Gasteiger partial charge is 0.367 e. The van der Waals surface area contributed by atoms with Crippen molar-refractivity contribution < 1.29 is 29.0 Å². The minimum atomic E-state index is -2.08. The van der Waals surface area contributed by atoms with Crippen LogP contribution in [0, 0.1) is 20.2 Å². The van der Waals surface area contributed by atoms with Crippen molar-refractivity contribution in [2.24, 2.45) is 31.9 Å². The number of carbonyl (C=O) groups excluding carboxylic acids is 4. The van der Waals surface area contributed by atoms with Gasteiger partial charge in [-0.15, -0.1) is 0 Å². The Morgan fingerprint density at radius 1 is 0.580 bits per heavy atom. The SMILES string of the molecule is CCCCC([N+](=O)[O-])C(C)(N=NC(C)(C(N)=O)C(CCCC)[N+](=O)[O-])C(N)=O.CCCCNC(=O)C(C)(C)N=NC(C)(C)C(=O)NCCCC. The third-order valence-electron chi connectivity index (χ3n) is 8.23. The summed E-state index contributed by atoms with van der Waals surface area (Å²) in [7, 11) is 0. The first kappa shape index (κ1) is 48.0. The topological polar surface area (TPSA) is 280 Å². The number of nitrogens with two attached hydrogens (primary N) is 2. The summed E-state index contributed by atoms with van der Waals surface area (Å²) in [6.45, 7) is 18.1. The van der Waals surface area contributed by atoms with Crippen molar-refractivity contribution >= 4 is 23.6 Å². The molecule has 4 unspecified atom stereocenters. The van der Waals surface area contributed by atoms with Gasteiger partial charge in [0.1, 0.15) is 0 Å². The number of hydrogen-bond acceptors (Lipinski definition) is 12. The fourth-order valence-corrected chi connectivity index (χ4v) is 4.28. The summed E-state index contributed by atoms with van der Waals surface area (Å²) < 4.78 is 0. The summed E-state index contributed by atoms with van der Waals surface area (Å²) in [5, 5.41) is 44.4. The number of hydrogen-bond donors (Lipinski definition) is 4. The molecule has 50 heavy (non-hydrogen) atoms. The summed E-state index contributed by atoms with van der Waals surface area (Å²) >= 11 is 0. The van der Waals surface area contributed by atoms with E-state index < -0.39 is 55.9 Å². The molecular formula is C32H62N10O8.